The number of hydrogen-bond donors (Lipinski definition) is 1. The minimum Gasteiger partial charge on any atom is -0.309 e. The smallest absolute Gasteiger partial charge is 0.0651 e. The molecule has 3 nitrogen and oxygen atoms in total. The highest BCUT2D eigenvalue weighted by Crippen LogP contribution is 2.29. The third kappa shape index (κ3) is 3.06. The Morgan fingerprint density at radius 3 is 2.42 bits per heavy atom. The summed E-state index contributed by atoms with van der Waals surface area (Å²) in [7, 11) is 1.91. The van der Waals surface area contributed by atoms with Crippen molar-refractivity contribution in [3.63, 3.8) is 0 Å². The number of halogens is 2. The molecule has 0 bridgehead atoms. The summed E-state index contributed by atoms with van der Waals surface area (Å²) in [5.74, 6) is 0. The average molecular weight is 296 g/mol. The highest BCUT2D eigenvalue weighted by Gasteiger charge is 2.16. The van der Waals surface area contributed by atoms with Crippen LogP contribution < -0.4 is 5.32 Å². The summed E-state index contributed by atoms with van der Waals surface area (Å²) < 4.78 is 0. The predicted molar refractivity (Wildman–Crippen MR) is 78.9 cm³/mol. The molecule has 5 heteroatoms. The third-order valence-corrected chi connectivity index (χ3v) is 3.76. The van der Waals surface area contributed by atoms with E-state index < -0.39 is 0 Å². The molecule has 0 spiro atoms. The second-order valence-corrected chi connectivity index (χ2v) is 5.24. The molecule has 100 valence electrons. The van der Waals surface area contributed by atoms with Crippen LogP contribution in [-0.2, 0) is 0 Å². The molecule has 0 fully saturated rings. The lowest BCUT2D eigenvalue weighted by molar-refractivity contribution is 0.675. The number of aryl methyl sites for hydroxylation is 2. The van der Waals surface area contributed by atoms with Gasteiger partial charge in [-0.2, -0.15) is 10.2 Å². The summed E-state index contributed by atoms with van der Waals surface area (Å²) in [6.45, 7) is 3.88. The van der Waals surface area contributed by atoms with Crippen molar-refractivity contribution < 1.29 is 0 Å². The Morgan fingerprint density at radius 1 is 1.05 bits per heavy atom. The average Bonchev–Trinajstić information content (AvgIpc) is 2.38. The molecule has 0 saturated carbocycles. The van der Waals surface area contributed by atoms with E-state index in [2.05, 4.69) is 15.5 Å². The van der Waals surface area contributed by atoms with Crippen molar-refractivity contribution in [2.75, 3.05) is 7.05 Å². The molecule has 0 radical (unpaired) electrons. The second-order valence-electron chi connectivity index (χ2n) is 4.42. The lowest BCUT2D eigenvalue weighted by Crippen LogP contribution is -2.19. The van der Waals surface area contributed by atoms with E-state index >= 15 is 0 Å². The fourth-order valence-corrected chi connectivity index (χ4v) is 2.36. The van der Waals surface area contributed by atoms with E-state index in [-0.39, 0.29) is 6.04 Å². The first kappa shape index (κ1) is 14.3. The van der Waals surface area contributed by atoms with Crippen molar-refractivity contribution in [3.8, 4) is 0 Å². The Morgan fingerprint density at radius 2 is 1.79 bits per heavy atom. The molecule has 1 heterocycles. The summed E-state index contributed by atoms with van der Waals surface area (Å²) in [6, 6.07) is 7.70. The van der Waals surface area contributed by atoms with Gasteiger partial charge in [-0.05, 0) is 50.2 Å². The predicted octanol–water partition coefficient (Wildman–Crippen LogP) is 3.71. The lowest BCUT2D eigenvalue weighted by Gasteiger charge is -2.19. The van der Waals surface area contributed by atoms with E-state index in [0.717, 1.165) is 22.5 Å². The van der Waals surface area contributed by atoms with Crippen molar-refractivity contribution in [1.82, 2.24) is 15.5 Å². The Hall–Kier alpha value is -1.16. The van der Waals surface area contributed by atoms with Crippen LogP contribution in [0.4, 0.5) is 0 Å². The van der Waals surface area contributed by atoms with Gasteiger partial charge in [-0.25, -0.2) is 0 Å². The maximum absolute atomic E-state index is 6.09. The molecular weight excluding hydrogens is 281 g/mol. The third-order valence-electron chi connectivity index (χ3n) is 3.02. The van der Waals surface area contributed by atoms with E-state index in [1.807, 2.05) is 39.1 Å². The van der Waals surface area contributed by atoms with Crippen LogP contribution in [0.3, 0.4) is 0 Å². The Balaban J connectivity index is 2.49. The van der Waals surface area contributed by atoms with Crippen LogP contribution in [0, 0.1) is 13.8 Å². The zero-order valence-electron chi connectivity index (χ0n) is 11.0. The number of benzene rings is 1. The molecular formula is C14H15Cl2N3. The van der Waals surface area contributed by atoms with Crippen molar-refractivity contribution in [2.45, 2.75) is 19.9 Å². The van der Waals surface area contributed by atoms with Crippen molar-refractivity contribution >= 4 is 23.2 Å². The van der Waals surface area contributed by atoms with Crippen LogP contribution in [0.2, 0.25) is 10.0 Å². The Labute approximate surface area is 123 Å². The van der Waals surface area contributed by atoms with E-state index in [9.17, 15) is 0 Å². The monoisotopic (exact) mass is 295 g/mol. The van der Waals surface area contributed by atoms with Gasteiger partial charge in [-0.3, -0.25) is 0 Å². The molecule has 1 N–H and O–H groups in total. The first-order chi connectivity index (χ1) is 9.02. The van der Waals surface area contributed by atoms with Crippen LogP contribution >= 0.6 is 23.2 Å². The Kier molecular flexibility index (Phi) is 4.40. The summed E-state index contributed by atoms with van der Waals surface area (Å²) in [5.41, 5.74) is 3.93. The molecule has 1 aromatic heterocycles. The molecule has 0 saturated heterocycles. The zero-order valence-corrected chi connectivity index (χ0v) is 12.5. The van der Waals surface area contributed by atoms with Gasteiger partial charge >= 0.3 is 0 Å². The maximum atomic E-state index is 6.09. The fourth-order valence-electron chi connectivity index (χ4n) is 2.06. The van der Waals surface area contributed by atoms with Gasteiger partial charge in [0.15, 0.2) is 0 Å². The molecule has 1 aromatic carbocycles. The van der Waals surface area contributed by atoms with E-state index in [1.165, 1.54) is 0 Å². The van der Waals surface area contributed by atoms with Crippen LogP contribution in [0.25, 0.3) is 0 Å². The lowest BCUT2D eigenvalue weighted by atomic mass is 9.98. The SMILES string of the molecule is CNC(c1ccc(Cl)c(Cl)c1)c1cc(C)nnc1C. The number of rotatable bonds is 3. The van der Waals surface area contributed by atoms with Gasteiger partial charge in [0.1, 0.15) is 0 Å². The van der Waals surface area contributed by atoms with Crippen molar-refractivity contribution in [2.24, 2.45) is 0 Å². The quantitative estimate of drug-likeness (QED) is 0.938. The van der Waals surface area contributed by atoms with E-state index in [1.54, 1.807) is 6.07 Å². The highest BCUT2D eigenvalue weighted by molar-refractivity contribution is 6.42. The van der Waals surface area contributed by atoms with Crippen LogP contribution in [-0.4, -0.2) is 17.2 Å². The second kappa shape index (κ2) is 5.87. The van der Waals surface area contributed by atoms with Gasteiger partial charge in [0, 0.05) is 0 Å². The molecule has 19 heavy (non-hydrogen) atoms. The van der Waals surface area contributed by atoms with Crippen molar-refractivity contribution in [1.29, 1.82) is 0 Å². The summed E-state index contributed by atoms with van der Waals surface area (Å²) in [6.07, 6.45) is 0. The van der Waals surface area contributed by atoms with E-state index in [0.29, 0.717) is 10.0 Å². The van der Waals surface area contributed by atoms with Gasteiger partial charge in [0.05, 0.1) is 27.5 Å². The van der Waals surface area contributed by atoms with Crippen LogP contribution in [0.1, 0.15) is 28.6 Å². The molecule has 0 aliphatic rings. The largest absolute Gasteiger partial charge is 0.309 e. The van der Waals surface area contributed by atoms with Gasteiger partial charge in [0.2, 0.25) is 0 Å². The van der Waals surface area contributed by atoms with Crippen molar-refractivity contribution in [3.05, 3.63) is 56.8 Å². The summed E-state index contributed by atoms with van der Waals surface area (Å²) in [5, 5.41) is 12.6. The first-order valence-electron chi connectivity index (χ1n) is 5.96. The molecule has 1 atom stereocenters. The standard InChI is InChI=1S/C14H15Cl2N3/c1-8-6-11(9(2)19-18-8)14(17-3)10-4-5-12(15)13(16)7-10/h4-7,14,17H,1-3H3. The van der Waals surface area contributed by atoms with E-state index in [4.69, 9.17) is 23.2 Å². The van der Waals surface area contributed by atoms with Gasteiger partial charge in [-0.15, -0.1) is 0 Å². The minimum atomic E-state index is 0.0176. The first-order valence-corrected chi connectivity index (χ1v) is 6.71. The summed E-state index contributed by atoms with van der Waals surface area (Å²) in [4.78, 5) is 0. The molecule has 0 amide bonds. The molecule has 1 unspecified atom stereocenters. The van der Waals surface area contributed by atoms with Crippen LogP contribution in [0.15, 0.2) is 24.3 Å². The summed E-state index contributed by atoms with van der Waals surface area (Å²) >= 11 is 12.0. The number of hydrogen-bond acceptors (Lipinski definition) is 3. The number of aromatic nitrogens is 2. The number of nitrogens with zero attached hydrogens (tertiary/aromatic N) is 2. The normalized spacial score (nSPS) is 12.5. The molecule has 2 aromatic rings. The minimum absolute atomic E-state index is 0.0176. The molecule has 0 aliphatic heterocycles. The van der Waals surface area contributed by atoms with Gasteiger partial charge in [-0.1, -0.05) is 29.3 Å². The highest BCUT2D eigenvalue weighted by atomic mass is 35.5. The fraction of sp³-hybridized carbons (Fsp3) is 0.286. The zero-order chi connectivity index (χ0) is 14.0. The van der Waals surface area contributed by atoms with Gasteiger partial charge < -0.3 is 5.32 Å². The molecule has 2 rings (SSSR count). The maximum Gasteiger partial charge on any atom is 0.0651 e. The topological polar surface area (TPSA) is 37.8 Å². The number of nitrogens with one attached hydrogen (secondary N) is 1. The van der Waals surface area contributed by atoms with Crippen LogP contribution in [0.5, 0.6) is 0 Å². The Bertz CT molecular complexity index is 599. The molecule has 0 aliphatic carbocycles. The van der Waals surface area contributed by atoms with Gasteiger partial charge in [0.25, 0.3) is 0 Å².